The quantitative estimate of drug-likeness (QED) is 0.205. The van der Waals surface area contributed by atoms with Crippen molar-refractivity contribution in [1.29, 1.82) is 0 Å². The van der Waals surface area contributed by atoms with Crippen molar-refractivity contribution in [2.45, 2.75) is 0 Å². The molecule has 198 valence electrons. The lowest BCUT2D eigenvalue weighted by Crippen LogP contribution is -2.10. The van der Waals surface area contributed by atoms with Gasteiger partial charge in [0.2, 0.25) is 0 Å². The lowest BCUT2D eigenvalue weighted by atomic mass is 9.99. The Hall–Kier alpha value is -5.18. The summed E-state index contributed by atoms with van der Waals surface area (Å²) in [6.45, 7) is 0. The highest BCUT2D eigenvalue weighted by molar-refractivity contribution is 7.25. The topological polar surface area (TPSA) is 3.24 Å². The third kappa shape index (κ3) is 4.34. The maximum atomic E-state index is 2.37. The van der Waals surface area contributed by atoms with Crippen LogP contribution in [0.15, 0.2) is 164 Å². The highest BCUT2D eigenvalue weighted by Gasteiger charge is 2.16. The van der Waals surface area contributed by atoms with Crippen LogP contribution < -0.4 is 4.90 Å². The summed E-state index contributed by atoms with van der Waals surface area (Å²) in [4.78, 5) is 2.37. The van der Waals surface area contributed by atoms with E-state index in [1.54, 1.807) is 0 Å². The van der Waals surface area contributed by atoms with E-state index in [0.29, 0.717) is 0 Å². The number of rotatable bonds is 5. The Labute approximate surface area is 249 Å². The van der Waals surface area contributed by atoms with Crippen LogP contribution in [0, 0.1) is 0 Å². The summed E-state index contributed by atoms with van der Waals surface area (Å²) < 4.78 is 2.64. The minimum absolute atomic E-state index is 1.14. The molecule has 0 bridgehead atoms. The molecule has 0 atom stereocenters. The lowest BCUT2D eigenvalue weighted by molar-refractivity contribution is 1.30. The van der Waals surface area contributed by atoms with E-state index in [9.17, 15) is 0 Å². The molecular weight excluding hydrogens is 527 g/mol. The molecule has 1 heterocycles. The Morgan fingerprint density at radius 1 is 0.357 bits per heavy atom. The van der Waals surface area contributed by atoms with Crippen LogP contribution in [0.4, 0.5) is 17.1 Å². The molecule has 42 heavy (non-hydrogen) atoms. The zero-order valence-electron chi connectivity index (χ0n) is 22.9. The van der Waals surface area contributed by atoms with Gasteiger partial charge >= 0.3 is 0 Å². The third-order valence-electron chi connectivity index (χ3n) is 8.04. The van der Waals surface area contributed by atoms with Crippen LogP contribution in [-0.4, -0.2) is 0 Å². The molecule has 0 fully saturated rings. The van der Waals surface area contributed by atoms with Crippen LogP contribution >= 0.6 is 11.3 Å². The zero-order chi connectivity index (χ0) is 27.9. The van der Waals surface area contributed by atoms with E-state index in [0.717, 1.165) is 11.4 Å². The molecule has 0 spiro atoms. The van der Waals surface area contributed by atoms with Crippen LogP contribution in [0.25, 0.3) is 53.2 Å². The summed E-state index contributed by atoms with van der Waals surface area (Å²) in [6, 6.07) is 59.2. The van der Waals surface area contributed by atoms with Gasteiger partial charge in [0, 0.05) is 36.9 Å². The number of thiophene rings is 1. The first kappa shape index (κ1) is 24.6. The Morgan fingerprint density at radius 2 is 0.905 bits per heavy atom. The monoisotopic (exact) mass is 553 g/mol. The number of hydrogen-bond donors (Lipinski definition) is 0. The van der Waals surface area contributed by atoms with Gasteiger partial charge in [0.1, 0.15) is 0 Å². The second-order valence-electron chi connectivity index (χ2n) is 10.6. The fraction of sp³-hybridized carbons (Fsp3) is 0. The lowest BCUT2D eigenvalue weighted by Gasteiger charge is -2.27. The molecule has 7 aromatic carbocycles. The Kier molecular flexibility index (Phi) is 6.05. The molecular formula is C40H27NS. The van der Waals surface area contributed by atoms with Gasteiger partial charge < -0.3 is 4.90 Å². The smallest absolute Gasteiger partial charge is 0.0540 e. The van der Waals surface area contributed by atoms with Crippen molar-refractivity contribution in [3.8, 4) is 22.3 Å². The molecule has 1 aromatic heterocycles. The summed E-state index contributed by atoms with van der Waals surface area (Å²) in [5, 5.41) is 5.09. The van der Waals surface area contributed by atoms with Crippen LogP contribution in [0.2, 0.25) is 0 Å². The van der Waals surface area contributed by atoms with E-state index in [4.69, 9.17) is 0 Å². The molecule has 8 rings (SSSR count). The van der Waals surface area contributed by atoms with Crippen LogP contribution in [0.5, 0.6) is 0 Å². The van der Waals surface area contributed by atoms with Gasteiger partial charge in [-0.25, -0.2) is 0 Å². The fourth-order valence-electron chi connectivity index (χ4n) is 6.00. The molecule has 0 saturated heterocycles. The molecule has 0 aliphatic heterocycles. The fourth-order valence-corrected chi connectivity index (χ4v) is 7.07. The largest absolute Gasteiger partial charge is 0.310 e. The van der Waals surface area contributed by atoms with E-state index in [2.05, 4.69) is 169 Å². The first-order valence-corrected chi connectivity index (χ1v) is 15.1. The average molecular weight is 554 g/mol. The second-order valence-corrected chi connectivity index (χ2v) is 11.7. The van der Waals surface area contributed by atoms with Crippen molar-refractivity contribution in [2.75, 3.05) is 4.90 Å². The average Bonchev–Trinajstić information content (AvgIpc) is 3.43. The van der Waals surface area contributed by atoms with E-state index in [1.165, 1.54) is 58.9 Å². The van der Waals surface area contributed by atoms with Gasteiger partial charge in [0.05, 0.1) is 5.69 Å². The van der Waals surface area contributed by atoms with E-state index >= 15 is 0 Å². The van der Waals surface area contributed by atoms with Crippen molar-refractivity contribution in [1.82, 2.24) is 0 Å². The van der Waals surface area contributed by atoms with Crippen LogP contribution in [0.1, 0.15) is 0 Å². The molecule has 0 saturated carbocycles. The second kappa shape index (κ2) is 10.3. The Bertz CT molecular complexity index is 2190. The van der Waals surface area contributed by atoms with Gasteiger partial charge in [-0.05, 0) is 82.2 Å². The molecule has 0 amide bonds. The van der Waals surface area contributed by atoms with Gasteiger partial charge in [-0.1, -0.05) is 109 Å². The van der Waals surface area contributed by atoms with Gasteiger partial charge in [-0.2, -0.15) is 0 Å². The SMILES string of the molecule is c1ccc(-c2ccc3sc4ccc(-c5cccc(N(c6ccccc6)c6cccc7ccccc67)c5)cc4c3c2)cc1. The predicted octanol–water partition coefficient (Wildman–Crippen LogP) is 12.0. The molecule has 8 aromatic rings. The number of fused-ring (bicyclic) bond motifs is 4. The highest BCUT2D eigenvalue weighted by atomic mass is 32.1. The Morgan fingerprint density at radius 3 is 1.67 bits per heavy atom. The number of nitrogens with zero attached hydrogens (tertiary/aromatic N) is 1. The first-order valence-electron chi connectivity index (χ1n) is 14.3. The summed E-state index contributed by atoms with van der Waals surface area (Å²) in [7, 11) is 0. The molecule has 0 radical (unpaired) electrons. The minimum Gasteiger partial charge on any atom is -0.310 e. The number of hydrogen-bond acceptors (Lipinski definition) is 2. The summed E-state index contributed by atoms with van der Waals surface area (Å²) in [5.41, 5.74) is 8.37. The van der Waals surface area contributed by atoms with Gasteiger partial charge in [0.15, 0.2) is 0 Å². The van der Waals surface area contributed by atoms with Crippen molar-refractivity contribution in [3.05, 3.63) is 164 Å². The normalized spacial score (nSPS) is 11.3. The maximum Gasteiger partial charge on any atom is 0.0540 e. The molecule has 0 aliphatic rings. The highest BCUT2D eigenvalue weighted by Crippen LogP contribution is 2.42. The van der Waals surface area contributed by atoms with E-state index in [-0.39, 0.29) is 0 Å². The van der Waals surface area contributed by atoms with Crippen molar-refractivity contribution >= 4 is 59.3 Å². The molecule has 1 nitrogen and oxygen atoms in total. The third-order valence-corrected chi connectivity index (χ3v) is 9.19. The summed E-state index contributed by atoms with van der Waals surface area (Å²) in [6.07, 6.45) is 0. The number of para-hydroxylation sites is 1. The maximum absolute atomic E-state index is 2.37. The Balaban J connectivity index is 1.27. The standard InChI is InChI=1S/C40H27NS/c1-3-11-28(12-4-1)31-21-23-39-36(26-31)37-27-32(22-24-40(37)42-39)30-15-9-18-34(25-30)41(33-16-5-2-6-17-33)38-20-10-14-29-13-7-8-19-35(29)38/h1-27H. The summed E-state index contributed by atoms with van der Waals surface area (Å²) in [5.74, 6) is 0. The van der Waals surface area contributed by atoms with Crippen LogP contribution in [-0.2, 0) is 0 Å². The number of benzene rings is 7. The van der Waals surface area contributed by atoms with Crippen molar-refractivity contribution in [2.24, 2.45) is 0 Å². The van der Waals surface area contributed by atoms with Crippen LogP contribution in [0.3, 0.4) is 0 Å². The van der Waals surface area contributed by atoms with Gasteiger partial charge in [-0.15, -0.1) is 11.3 Å². The predicted molar refractivity (Wildman–Crippen MR) is 182 cm³/mol. The number of anilines is 3. The van der Waals surface area contributed by atoms with E-state index in [1.807, 2.05) is 11.3 Å². The first-order chi connectivity index (χ1) is 20.8. The molecule has 0 unspecified atom stereocenters. The summed E-state index contributed by atoms with van der Waals surface area (Å²) >= 11 is 1.86. The zero-order valence-corrected chi connectivity index (χ0v) is 23.8. The van der Waals surface area contributed by atoms with Gasteiger partial charge in [0.25, 0.3) is 0 Å². The van der Waals surface area contributed by atoms with Crippen molar-refractivity contribution < 1.29 is 0 Å². The van der Waals surface area contributed by atoms with E-state index < -0.39 is 0 Å². The minimum atomic E-state index is 1.14. The molecule has 0 aliphatic carbocycles. The van der Waals surface area contributed by atoms with Gasteiger partial charge in [-0.3, -0.25) is 0 Å². The van der Waals surface area contributed by atoms with Crippen molar-refractivity contribution in [3.63, 3.8) is 0 Å². The molecule has 2 heteroatoms. The molecule has 0 N–H and O–H groups in total.